The summed E-state index contributed by atoms with van der Waals surface area (Å²) in [7, 11) is 1.33. The molecular weight excluding hydrogens is 368 g/mol. The molecule has 0 unspecified atom stereocenters. The van der Waals surface area contributed by atoms with Crippen LogP contribution in [-0.4, -0.2) is 30.4 Å². The van der Waals surface area contributed by atoms with Gasteiger partial charge in [-0.3, -0.25) is 14.4 Å². The van der Waals surface area contributed by atoms with Crippen molar-refractivity contribution in [1.82, 2.24) is 5.32 Å². The van der Waals surface area contributed by atoms with Gasteiger partial charge >= 0.3 is 5.97 Å². The van der Waals surface area contributed by atoms with Gasteiger partial charge in [0.1, 0.15) is 0 Å². The van der Waals surface area contributed by atoms with Crippen molar-refractivity contribution in [2.24, 2.45) is 11.8 Å². The fraction of sp³-hybridized carbons (Fsp3) is 0.348. The molecule has 6 heteroatoms. The van der Waals surface area contributed by atoms with Gasteiger partial charge in [0.2, 0.25) is 11.8 Å². The summed E-state index contributed by atoms with van der Waals surface area (Å²) in [5, 5.41) is 3.43. The lowest BCUT2D eigenvalue weighted by Crippen LogP contribution is -2.49. The van der Waals surface area contributed by atoms with Gasteiger partial charge in [0, 0.05) is 11.6 Å². The second-order valence-corrected chi connectivity index (χ2v) is 8.05. The first-order valence-corrected chi connectivity index (χ1v) is 9.69. The molecular formula is C23H24N2O4. The Morgan fingerprint density at radius 1 is 1.07 bits per heavy atom. The number of imide groups is 1. The Balaban J connectivity index is 1.79. The average molecular weight is 392 g/mol. The number of ether oxygens (including phenoxy) is 1. The highest BCUT2D eigenvalue weighted by Crippen LogP contribution is 2.50. The topological polar surface area (TPSA) is 75.7 Å². The SMILES string of the molecule is COC(=O)C[C@@]1(C)N[C@@H](c2ccc(C)cc2)[C@@H]2C(=O)N(c3ccccc3)C(=O)[C@@H]21. The third-order valence-corrected chi connectivity index (χ3v) is 6.07. The molecule has 2 aromatic carbocycles. The molecule has 4 rings (SSSR count). The molecule has 2 aliphatic rings. The molecule has 0 aliphatic carbocycles. The number of amides is 2. The monoisotopic (exact) mass is 392 g/mol. The number of rotatable bonds is 4. The zero-order chi connectivity index (χ0) is 20.8. The van der Waals surface area contributed by atoms with Gasteiger partial charge in [-0.25, -0.2) is 4.90 Å². The first-order chi connectivity index (χ1) is 13.9. The van der Waals surface area contributed by atoms with Crippen LogP contribution in [0.3, 0.4) is 0 Å². The normalized spacial score (nSPS) is 28.5. The number of hydrogen-bond donors (Lipinski definition) is 1. The molecule has 0 bridgehead atoms. The highest BCUT2D eigenvalue weighted by molar-refractivity contribution is 6.23. The number of benzene rings is 2. The van der Waals surface area contributed by atoms with E-state index in [1.54, 1.807) is 24.3 Å². The minimum Gasteiger partial charge on any atom is -0.469 e. The number of hydrogen-bond acceptors (Lipinski definition) is 5. The Labute approximate surface area is 169 Å². The summed E-state index contributed by atoms with van der Waals surface area (Å²) < 4.78 is 4.87. The van der Waals surface area contributed by atoms with Crippen molar-refractivity contribution < 1.29 is 19.1 Å². The molecule has 29 heavy (non-hydrogen) atoms. The van der Waals surface area contributed by atoms with Gasteiger partial charge < -0.3 is 10.1 Å². The van der Waals surface area contributed by atoms with Crippen LogP contribution in [0.25, 0.3) is 0 Å². The van der Waals surface area contributed by atoms with Crippen LogP contribution in [0.5, 0.6) is 0 Å². The minimum atomic E-state index is -0.885. The number of carbonyl (C=O) groups excluding carboxylic acids is 3. The standard InChI is InChI=1S/C23H24N2O4/c1-14-9-11-15(12-10-14)20-18-19(23(2,24-20)13-17(26)29-3)22(28)25(21(18)27)16-7-5-4-6-8-16/h4-12,18-20,24H,13H2,1-3H3/t18-,19-,20+,23-/m1/s1. The fourth-order valence-electron chi connectivity index (χ4n) is 4.66. The molecule has 2 amide bonds. The summed E-state index contributed by atoms with van der Waals surface area (Å²) in [5.41, 5.74) is 1.71. The van der Waals surface area contributed by atoms with E-state index in [2.05, 4.69) is 5.32 Å². The van der Waals surface area contributed by atoms with Crippen molar-refractivity contribution in [3.8, 4) is 0 Å². The van der Waals surface area contributed by atoms with Crippen LogP contribution >= 0.6 is 0 Å². The number of para-hydroxylation sites is 1. The van der Waals surface area contributed by atoms with Crippen LogP contribution in [0.15, 0.2) is 54.6 Å². The lowest BCUT2D eigenvalue weighted by Gasteiger charge is -2.30. The van der Waals surface area contributed by atoms with Crippen molar-refractivity contribution in [1.29, 1.82) is 0 Å². The van der Waals surface area contributed by atoms with Crippen LogP contribution < -0.4 is 10.2 Å². The van der Waals surface area contributed by atoms with Crippen LogP contribution in [0, 0.1) is 18.8 Å². The van der Waals surface area contributed by atoms with Crippen molar-refractivity contribution in [2.45, 2.75) is 31.8 Å². The van der Waals surface area contributed by atoms with E-state index in [-0.39, 0.29) is 24.3 Å². The van der Waals surface area contributed by atoms with Gasteiger partial charge in [0.05, 0.1) is 31.1 Å². The van der Waals surface area contributed by atoms with Gasteiger partial charge in [-0.05, 0) is 31.5 Å². The third-order valence-electron chi connectivity index (χ3n) is 6.07. The molecule has 0 saturated carbocycles. The van der Waals surface area contributed by atoms with Crippen molar-refractivity contribution >= 4 is 23.5 Å². The van der Waals surface area contributed by atoms with Crippen molar-refractivity contribution in [3.63, 3.8) is 0 Å². The van der Waals surface area contributed by atoms with Gasteiger partial charge in [-0.1, -0.05) is 48.0 Å². The molecule has 2 heterocycles. The number of aryl methyl sites for hydroxylation is 1. The Hall–Kier alpha value is -2.99. The van der Waals surface area contributed by atoms with E-state index in [9.17, 15) is 14.4 Å². The van der Waals surface area contributed by atoms with E-state index < -0.39 is 23.3 Å². The molecule has 2 aliphatic heterocycles. The highest BCUT2D eigenvalue weighted by atomic mass is 16.5. The van der Waals surface area contributed by atoms with Crippen LogP contribution in [0.2, 0.25) is 0 Å². The number of esters is 1. The van der Waals surface area contributed by atoms with Crippen molar-refractivity contribution in [2.75, 3.05) is 12.0 Å². The zero-order valence-electron chi connectivity index (χ0n) is 16.7. The highest BCUT2D eigenvalue weighted by Gasteiger charge is 2.64. The van der Waals surface area contributed by atoms with E-state index in [4.69, 9.17) is 4.74 Å². The van der Waals surface area contributed by atoms with Crippen LogP contribution in [0.4, 0.5) is 5.69 Å². The first kappa shape index (κ1) is 19.3. The Kier molecular flexibility index (Phi) is 4.74. The maximum atomic E-state index is 13.4. The molecule has 0 spiro atoms. The quantitative estimate of drug-likeness (QED) is 0.640. The van der Waals surface area contributed by atoms with E-state index in [0.717, 1.165) is 11.1 Å². The van der Waals surface area contributed by atoms with Crippen LogP contribution in [-0.2, 0) is 19.1 Å². The Bertz CT molecular complexity index is 957. The van der Waals surface area contributed by atoms with Gasteiger partial charge in [0.25, 0.3) is 0 Å². The number of nitrogens with one attached hydrogen (secondary N) is 1. The predicted molar refractivity (Wildman–Crippen MR) is 108 cm³/mol. The molecule has 4 atom stereocenters. The Morgan fingerprint density at radius 3 is 2.34 bits per heavy atom. The largest absolute Gasteiger partial charge is 0.469 e. The number of anilines is 1. The zero-order valence-corrected chi connectivity index (χ0v) is 16.7. The molecule has 0 aromatic heterocycles. The number of methoxy groups -OCH3 is 1. The predicted octanol–water partition coefficient (Wildman–Crippen LogP) is 2.77. The molecule has 0 radical (unpaired) electrons. The number of nitrogens with zero attached hydrogens (tertiary/aromatic N) is 1. The smallest absolute Gasteiger partial charge is 0.307 e. The van der Waals surface area contributed by atoms with Gasteiger partial charge in [0.15, 0.2) is 0 Å². The summed E-state index contributed by atoms with van der Waals surface area (Å²) in [6.07, 6.45) is 0.00861. The van der Waals surface area contributed by atoms with Gasteiger partial charge in [-0.2, -0.15) is 0 Å². The number of carbonyl (C=O) groups is 3. The molecule has 6 nitrogen and oxygen atoms in total. The molecule has 2 aromatic rings. The second kappa shape index (κ2) is 7.12. The summed E-state index contributed by atoms with van der Waals surface area (Å²) in [5.74, 6) is -2.17. The third kappa shape index (κ3) is 3.13. The molecule has 150 valence electrons. The lowest BCUT2D eigenvalue weighted by molar-refractivity contribution is -0.142. The lowest BCUT2D eigenvalue weighted by atomic mass is 9.78. The maximum absolute atomic E-state index is 13.4. The van der Waals surface area contributed by atoms with Crippen molar-refractivity contribution in [3.05, 3.63) is 65.7 Å². The van der Waals surface area contributed by atoms with Gasteiger partial charge in [-0.15, -0.1) is 0 Å². The maximum Gasteiger partial charge on any atom is 0.307 e. The number of fused-ring (bicyclic) bond motifs is 1. The van der Waals surface area contributed by atoms with E-state index in [0.29, 0.717) is 5.69 Å². The fourth-order valence-corrected chi connectivity index (χ4v) is 4.66. The Morgan fingerprint density at radius 2 is 1.72 bits per heavy atom. The van der Waals surface area contributed by atoms with E-state index >= 15 is 0 Å². The average Bonchev–Trinajstić information content (AvgIpc) is 3.16. The first-order valence-electron chi connectivity index (χ1n) is 9.69. The summed E-state index contributed by atoms with van der Waals surface area (Å²) in [6, 6.07) is 16.5. The van der Waals surface area contributed by atoms with Crippen LogP contribution in [0.1, 0.15) is 30.5 Å². The summed E-state index contributed by atoms with van der Waals surface area (Å²) in [4.78, 5) is 40.3. The second-order valence-electron chi connectivity index (χ2n) is 8.05. The molecule has 1 N–H and O–H groups in total. The summed E-state index contributed by atoms with van der Waals surface area (Å²) in [6.45, 7) is 3.83. The minimum absolute atomic E-state index is 0.00861. The summed E-state index contributed by atoms with van der Waals surface area (Å²) >= 11 is 0. The van der Waals surface area contributed by atoms with E-state index in [1.807, 2.05) is 44.2 Å². The van der Waals surface area contributed by atoms with E-state index in [1.165, 1.54) is 12.0 Å². The molecule has 2 saturated heterocycles. The molecule has 2 fully saturated rings.